The zero-order valence-electron chi connectivity index (χ0n) is 19.0. The number of halogens is 1. The topological polar surface area (TPSA) is 61.4 Å². The third kappa shape index (κ3) is 8.95. The van der Waals surface area contributed by atoms with E-state index in [-0.39, 0.29) is 30.0 Å². The first kappa shape index (κ1) is 26.9. The van der Waals surface area contributed by atoms with Gasteiger partial charge in [0, 0.05) is 52.5 Å². The highest BCUT2D eigenvalue weighted by Gasteiger charge is 2.25. The first-order valence-corrected chi connectivity index (χ1v) is 10.7. The Kier molecular flexibility index (Phi) is 14.1. The van der Waals surface area contributed by atoms with Crippen molar-refractivity contribution >= 4 is 29.9 Å². The van der Waals surface area contributed by atoms with Crippen LogP contribution in [0.1, 0.15) is 30.9 Å². The Morgan fingerprint density at radius 2 is 1.90 bits per heavy atom. The molecule has 7 nitrogen and oxygen atoms in total. The third-order valence-corrected chi connectivity index (χ3v) is 5.44. The van der Waals surface area contributed by atoms with Gasteiger partial charge >= 0.3 is 0 Å². The Labute approximate surface area is 199 Å². The number of methoxy groups -OCH3 is 2. The molecule has 0 bridgehead atoms. The lowest BCUT2D eigenvalue weighted by molar-refractivity contribution is 0.180. The van der Waals surface area contributed by atoms with Crippen LogP contribution in [0.3, 0.4) is 0 Å². The summed E-state index contributed by atoms with van der Waals surface area (Å²) in [6.07, 6.45) is 3.57. The van der Waals surface area contributed by atoms with E-state index in [2.05, 4.69) is 44.6 Å². The normalized spacial score (nSPS) is 15.7. The molecule has 1 unspecified atom stereocenters. The molecule has 8 heteroatoms. The highest BCUT2D eigenvalue weighted by atomic mass is 127. The second kappa shape index (κ2) is 15.7. The van der Waals surface area contributed by atoms with Crippen molar-refractivity contribution in [2.75, 3.05) is 74.2 Å². The Morgan fingerprint density at radius 1 is 1.17 bits per heavy atom. The Hall–Kier alpha value is -1.10. The molecule has 2 rings (SSSR count). The van der Waals surface area contributed by atoms with Gasteiger partial charge < -0.3 is 25.0 Å². The summed E-state index contributed by atoms with van der Waals surface area (Å²) in [7, 11) is 7.46. The number of likely N-dealkylation sites (tertiary alicyclic amines) is 1. The van der Waals surface area contributed by atoms with Crippen molar-refractivity contribution in [3.8, 4) is 5.75 Å². The summed E-state index contributed by atoms with van der Waals surface area (Å²) >= 11 is 0. The third-order valence-electron chi connectivity index (χ3n) is 5.44. The maximum atomic E-state index is 5.64. The minimum Gasteiger partial charge on any atom is -0.496 e. The first-order valence-electron chi connectivity index (χ1n) is 10.7. The molecule has 1 aliphatic rings. The van der Waals surface area contributed by atoms with E-state index in [1.807, 2.05) is 19.2 Å². The van der Waals surface area contributed by atoms with Crippen molar-refractivity contribution in [3.63, 3.8) is 0 Å². The quantitative estimate of drug-likeness (QED) is 0.187. The van der Waals surface area contributed by atoms with Crippen LogP contribution in [0.25, 0.3) is 0 Å². The van der Waals surface area contributed by atoms with Crippen molar-refractivity contribution in [2.24, 2.45) is 4.99 Å². The van der Waals surface area contributed by atoms with Crippen molar-refractivity contribution < 1.29 is 9.47 Å². The predicted octanol–water partition coefficient (Wildman–Crippen LogP) is 2.58. The maximum absolute atomic E-state index is 5.64. The SMILES string of the molecule is CN=C(NCCN(C)CCCOC)NCC(c1ccccc1OC)N1CCCC1.I. The lowest BCUT2D eigenvalue weighted by Gasteiger charge is -2.30. The monoisotopic (exact) mass is 533 g/mol. The summed E-state index contributed by atoms with van der Waals surface area (Å²) in [6.45, 7) is 6.71. The van der Waals surface area contributed by atoms with Crippen molar-refractivity contribution in [3.05, 3.63) is 29.8 Å². The zero-order chi connectivity index (χ0) is 20.9. The Morgan fingerprint density at radius 3 is 2.57 bits per heavy atom. The fraction of sp³-hybridized carbons (Fsp3) is 0.682. The van der Waals surface area contributed by atoms with Crippen LogP contribution in [-0.4, -0.2) is 89.9 Å². The summed E-state index contributed by atoms with van der Waals surface area (Å²) in [6, 6.07) is 8.61. The van der Waals surface area contributed by atoms with Gasteiger partial charge in [0.25, 0.3) is 0 Å². The Bertz CT molecular complexity index is 611. The Balaban J connectivity index is 0.00000450. The number of benzene rings is 1. The second-order valence-electron chi connectivity index (χ2n) is 7.53. The van der Waals surface area contributed by atoms with Crippen LogP contribution >= 0.6 is 24.0 Å². The first-order chi connectivity index (χ1) is 14.2. The molecule has 0 aliphatic carbocycles. The van der Waals surface area contributed by atoms with Gasteiger partial charge in [-0.05, 0) is 45.5 Å². The summed E-state index contributed by atoms with van der Waals surface area (Å²) in [5.41, 5.74) is 1.23. The minimum atomic E-state index is 0. The fourth-order valence-electron chi connectivity index (χ4n) is 3.80. The number of guanidine groups is 1. The molecule has 30 heavy (non-hydrogen) atoms. The van der Waals surface area contributed by atoms with E-state index in [1.165, 1.54) is 18.4 Å². The van der Waals surface area contributed by atoms with E-state index in [9.17, 15) is 0 Å². The number of hydrogen-bond acceptors (Lipinski definition) is 5. The van der Waals surface area contributed by atoms with Gasteiger partial charge in [0.2, 0.25) is 0 Å². The van der Waals surface area contributed by atoms with Gasteiger partial charge in [-0.1, -0.05) is 18.2 Å². The highest BCUT2D eigenvalue weighted by molar-refractivity contribution is 14.0. The number of hydrogen-bond donors (Lipinski definition) is 2. The van der Waals surface area contributed by atoms with Crippen LogP contribution < -0.4 is 15.4 Å². The lowest BCUT2D eigenvalue weighted by Crippen LogP contribution is -2.44. The van der Waals surface area contributed by atoms with Gasteiger partial charge in [0.1, 0.15) is 5.75 Å². The van der Waals surface area contributed by atoms with E-state index in [4.69, 9.17) is 9.47 Å². The molecule has 1 fully saturated rings. The largest absolute Gasteiger partial charge is 0.496 e. The summed E-state index contributed by atoms with van der Waals surface area (Å²) < 4.78 is 10.8. The lowest BCUT2D eigenvalue weighted by atomic mass is 10.0. The molecule has 0 amide bonds. The number of nitrogens with zero attached hydrogens (tertiary/aromatic N) is 3. The van der Waals surface area contributed by atoms with E-state index in [0.29, 0.717) is 0 Å². The van der Waals surface area contributed by atoms with E-state index in [0.717, 1.165) is 64.0 Å². The van der Waals surface area contributed by atoms with Crippen LogP contribution in [0.5, 0.6) is 5.75 Å². The molecule has 0 spiro atoms. The average Bonchev–Trinajstić information content (AvgIpc) is 3.27. The van der Waals surface area contributed by atoms with E-state index in [1.54, 1.807) is 14.2 Å². The second-order valence-corrected chi connectivity index (χ2v) is 7.53. The summed E-state index contributed by atoms with van der Waals surface area (Å²) in [5.74, 6) is 1.79. The van der Waals surface area contributed by atoms with Gasteiger partial charge in [-0.15, -0.1) is 24.0 Å². The molecule has 0 aromatic heterocycles. The molecular weight excluding hydrogens is 493 g/mol. The molecule has 1 heterocycles. The average molecular weight is 533 g/mol. The molecule has 1 atom stereocenters. The molecule has 2 N–H and O–H groups in total. The van der Waals surface area contributed by atoms with Gasteiger partial charge in [-0.2, -0.15) is 0 Å². The number of nitrogens with one attached hydrogen (secondary N) is 2. The van der Waals surface area contributed by atoms with Crippen LogP contribution in [0.2, 0.25) is 0 Å². The number of ether oxygens (including phenoxy) is 2. The summed E-state index contributed by atoms with van der Waals surface area (Å²) in [4.78, 5) is 9.25. The van der Waals surface area contributed by atoms with Crippen LogP contribution in [0, 0.1) is 0 Å². The molecule has 1 aromatic carbocycles. The van der Waals surface area contributed by atoms with E-state index >= 15 is 0 Å². The number of aliphatic imine (C=N–C) groups is 1. The van der Waals surface area contributed by atoms with Gasteiger partial charge in [0.05, 0.1) is 13.2 Å². The van der Waals surface area contributed by atoms with E-state index < -0.39 is 0 Å². The number of rotatable bonds is 12. The van der Waals surface area contributed by atoms with Gasteiger partial charge in [0.15, 0.2) is 5.96 Å². The van der Waals surface area contributed by atoms with Gasteiger partial charge in [-0.25, -0.2) is 0 Å². The van der Waals surface area contributed by atoms with Crippen LogP contribution in [-0.2, 0) is 4.74 Å². The highest BCUT2D eigenvalue weighted by Crippen LogP contribution is 2.31. The molecular formula is C22H40IN5O2. The maximum Gasteiger partial charge on any atom is 0.191 e. The standard InChI is InChI=1S/C22H39N5O2.HI/c1-23-22(24-12-16-26(2)13-9-17-28-3)25-18-20(27-14-7-8-15-27)19-10-5-6-11-21(19)29-4;/h5-6,10-11,20H,7-9,12-18H2,1-4H3,(H2,23,24,25);1H. The van der Waals surface area contributed by atoms with Crippen molar-refractivity contribution in [1.29, 1.82) is 0 Å². The number of likely N-dealkylation sites (N-methyl/N-ethyl adjacent to an activating group) is 1. The number of para-hydroxylation sites is 1. The fourth-order valence-corrected chi connectivity index (χ4v) is 3.80. The smallest absolute Gasteiger partial charge is 0.191 e. The van der Waals surface area contributed by atoms with Crippen molar-refractivity contribution in [2.45, 2.75) is 25.3 Å². The molecule has 1 aliphatic heterocycles. The zero-order valence-corrected chi connectivity index (χ0v) is 21.4. The predicted molar refractivity (Wildman–Crippen MR) is 135 cm³/mol. The van der Waals surface area contributed by atoms with Gasteiger partial charge in [-0.3, -0.25) is 9.89 Å². The van der Waals surface area contributed by atoms with Crippen LogP contribution in [0.4, 0.5) is 0 Å². The summed E-state index contributed by atoms with van der Waals surface area (Å²) in [5, 5.41) is 6.96. The molecule has 0 saturated carbocycles. The minimum absolute atomic E-state index is 0. The van der Waals surface area contributed by atoms with Crippen molar-refractivity contribution in [1.82, 2.24) is 20.4 Å². The molecule has 1 saturated heterocycles. The molecule has 1 aromatic rings. The molecule has 0 radical (unpaired) electrons. The molecule has 172 valence electrons. The van der Waals surface area contributed by atoms with Crippen LogP contribution in [0.15, 0.2) is 29.3 Å².